The molecule has 0 spiro atoms. The molecule has 20 heavy (non-hydrogen) atoms. The Kier molecular flexibility index (Phi) is 4.00. The maximum Gasteiger partial charge on any atom is 0.122 e. The molecule has 2 N–H and O–H groups in total. The van der Waals surface area contributed by atoms with Gasteiger partial charge in [-0.2, -0.15) is 0 Å². The van der Waals surface area contributed by atoms with Gasteiger partial charge in [0, 0.05) is 6.07 Å². The Morgan fingerprint density at radius 1 is 0.950 bits per heavy atom. The van der Waals surface area contributed by atoms with Crippen molar-refractivity contribution in [2.45, 2.75) is 19.4 Å². The number of aryl methyl sites for hydroxylation is 1. The van der Waals surface area contributed by atoms with Crippen molar-refractivity contribution >= 4 is 0 Å². The van der Waals surface area contributed by atoms with Crippen molar-refractivity contribution in [3.05, 3.63) is 59.2 Å². The van der Waals surface area contributed by atoms with Crippen LogP contribution in [-0.4, -0.2) is 14.2 Å². The number of benzene rings is 2. The Morgan fingerprint density at radius 2 is 1.50 bits per heavy atom. The molecule has 0 fully saturated rings. The molecule has 3 heteroatoms. The lowest BCUT2D eigenvalue weighted by Gasteiger charge is -2.28. The van der Waals surface area contributed by atoms with Crippen LogP contribution < -0.4 is 15.2 Å². The van der Waals surface area contributed by atoms with Crippen LogP contribution in [0.2, 0.25) is 0 Å². The highest BCUT2D eigenvalue weighted by molar-refractivity contribution is 5.47. The summed E-state index contributed by atoms with van der Waals surface area (Å²) in [4.78, 5) is 0. The van der Waals surface area contributed by atoms with Gasteiger partial charge in [0.2, 0.25) is 0 Å². The molecule has 2 aromatic rings. The van der Waals surface area contributed by atoms with Gasteiger partial charge in [-0.25, -0.2) is 0 Å². The number of hydrogen-bond donors (Lipinski definition) is 1. The molecule has 0 aromatic heterocycles. The minimum absolute atomic E-state index is 0.604. The topological polar surface area (TPSA) is 44.5 Å². The molecule has 1 unspecified atom stereocenters. The number of hydrogen-bond acceptors (Lipinski definition) is 3. The predicted molar refractivity (Wildman–Crippen MR) is 81.4 cm³/mol. The first-order chi connectivity index (χ1) is 9.48. The van der Waals surface area contributed by atoms with E-state index in [1.807, 2.05) is 37.3 Å². The molecule has 0 aliphatic carbocycles. The lowest BCUT2D eigenvalue weighted by Crippen LogP contribution is -2.35. The van der Waals surface area contributed by atoms with Crippen LogP contribution in [-0.2, 0) is 5.54 Å². The number of methoxy groups -OCH3 is 2. The van der Waals surface area contributed by atoms with Gasteiger partial charge in [-0.3, -0.25) is 0 Å². The summed E-state index contributed by atoms with van der Waals surface area (Å²) in [5.74, 6) is 1.48. The third-order valence-electron chi connectivity index (χ3n) is 3.66. The Bertz CT molecular complexity index is 583. The van der Waals surface area contributed by atoms with E-state index in [4.69, 9.17) is 15.2 Å². The summed E-state index contributed by atoms with van der Waals surface area (Å²) >= 11 is 0. The minimum atomic E-state index is -0.604. The maximum absolute atomic E-state index is 6.60. The van der Waals surface area contributed by atoms with Gasteiger partial charge in [-0.15, -0.1) is 0 Å². The lowest BCUT2D eigenvalue weighted by molar-refractivity contribution is 0.391. The number of nitrogens with two attached hydrogens (primary N) is 1. The van der Waals surface area contributed by atoms with Gasteiger partial charge in [0.25, 0.3) is 0 Å². The van der Waals surface area contributed by atoms with Crippen molar-refractivity contribution in [2.24, 2.45) is 5.73 Å². The van der Waals surface area contributed by atoms with E-state index in [1.165, 1.54) is 5.56 Å². The van der Waals surface area contributed by atoms with Crippen LogP contribution in [0, 0.1) is 6.92 Å². The fourth-order valence-electron chi connectivity index (χ4n) is 2.42. The standard InChI is InChI=1S/C17H21NO2/c1-12-7-5-6-8-16(12)17(2,18)13-9-14(19-3)11-15(10-13)20-4/h5-11H,18H2,1-4H3. The number of ether oxygens (including phenoxy) is 2. The molecule has 0 saturated heterocycles. The second-order valence-electron chi connectivity index (χ2n) is 5.12. The van der Waals surface area contributed by atoms with Gasteiger partial charge in [-0.05, 0) is 42.7 Å². The molecule has 0 bridgehead atoms. The molecule has 0 saturated carbocycles. The summed E-state index contributed by atoms with van der Waals surface area (Å²) in [7, 11) is 3.28. The number of rotatable bonds is 4. The fourth-order valence-corrected chi connectivity index (χ4v) is 2.42. The van der Waals surface area contributed by atoms with Gasteiger partial charge in [0.1, 0.15) is 11.5 Å². The third-order valence-corrected chi connectivity index (χ3v) is 3.66. The van der Waals surface area contributed by atoms with Crippen molar-refractivity contribution in [1.82, 2.24) is 0 Å². The summed E-state index contributed by atoms with van der Waals surface area (Å²) in [6.07, 6.45) is 0. The van der Waals surface area contributed by atoms with E-state index in [2.05, 4.69) is 19.1 Å². The molecule has 106 valence electrons. The largest absolute Gasteiger partial charge is 0.497 e. The normalized spacial score (nSPS) is 13.7. The third kappa shape index (κ3) is 2.63. The van der Waals surface area contributed by atoms with Gasteiger partial charge in [0.15, 0.2) is 0 Å². The summed E-state index contributed by atoms with van der Waals surface area (Å²) in [6, 6.07) is 13.9. The van der Waals surface area contributed by atoms with E-state index in [1.54, 1.807) is 14.2 Å². The van der Waals surface area contributed by atoms with Crippen LogP contribution in [0.3, 0.4) is 0 Å². The Morgan fingerprint density at radius 3 is 2.00 bits per heavy atom. The first-order valence-corrected chi connectivity index (χ1v) is 6.57. The lowest BCUT2D eigenvalue weighted by atomic mass is 9.83. The van der Waals surface area contributed by atoms with Crippen LogP contribution in [0.25, 0.3) is 0 Å². The van der Waals surface area contributed by atoms with E-state index < -0.39 is 5.54 Å². The summed E-state index contributed by atoms with van der Waals surface area (Å²) < 4.78 is 10.6. The smallest absolute Gasteiger partial charge is 0.122 e. The minimum Gasteiger partial charge on any atom is -0.497 e. The molecule has 2 rings (SSSR count). The molecule has 1 atom stereocenters. The second kappa shape index (κ2) is 5.55. The Hall–Kier alpha value is -2.00. The van der Waals surface area contributed by atoms with Crippen molar-refractivity contribution in [3.8, 4) is 11.5 Å². The summed E-state index contributed by atoms with van der Waals surface area (Å²) in [6.45, 7) is 4.07. The van der Waals surface area contributed by atoms with Crippen molar-refractivity contribution < 1.29 is 9.47 Å². The van der Waals surface area contributed by atoms with Gasteiger partial charge in [0.05, 0.1) is 19.8 Å². The van der Waals surface area contributed by atoms with E-state index in [0.717, 1.165) is 22.6 Å². The first-order valence-electron chi connectivity index (χ1n) is 6.57. The molecule has 0 radical (unpaired) electrons. The average Bonchev–Trinajstić information content (AvgIpc) is 2.46. The highest BCUT2D eigenvalue weighted by Crippen LogP contribution is 2.33. The highest BCUT2D eigenvalue weighted by Gasteiger charge is 2.26. The van der Waals surface area contributed by atoms with Crippen molar-refractivity contribution in [3.63, 3.8) is 0 Å². The quantitative estimate of drug-likeness (QED) is 0.928. The van der Waals surface area contributed by atoms with E-state index >= 15 is 0 Å². The molecule has 0 aliphatic heterocycles. The van der Waals surface area contributed by atoms with Gasteiger partial charge < -0.3 is 15.2 Å². The van der Waals surface area contributed by atoms with Crippen LogP contribution in [0.15, 0.2) is 42.5 Å². The highest BCUT2D eigenvalue weighted by atomic mass is 16.5. The summed E-state index contributed by atoms with van der Waals surface area (Å²) in [5, 5.41) is 0. The zero-order valence-electron chi connectivity index (χ0n) is 12.4. The molecule has 0 heterocycles. The van der Waals surface area contributed by atoms with Crippen LogP contribution in [0.1, 0.15) is 23.6 Å². The molecule has 2 aromatic carbocycles. The second-order valence-corrected chi connectivity index (χ2v) is 5.12. The van der Waals surface area contributed by atoms with Crippen LogP contribution in [0.5, 0.6) is 11.5 Å². The predicted octanol–water partition coefficient (Wildman–Crippen LogP) is 3.23. The van der Waals surface area contributed by atoms with Gasteiger partial charge in [-0.1, -0.05) is 24.3 Å². The monoisotopic (exact) mass is 271 g/mol. The Balaban J connectivity index is 2.56. The Labute approximate surface area is 120 Å². The summed E-state index contributed by atoms with van der Waals surface area (Å²) in [5.41, 5.74) is 9.21. The molecule has 3 nitrogen and oxygen atoms in total. The molecule has 0 amide bonds. The van der Waals surface area contributed by atoms with Crippen molar-refractivity contribution in [1.29, 1.82) is 0 Å². The van der Waals surface area contributed by atoms with Gasteiger partial charge >= 0.3 is 0 Å². The maximum atomic E-state index is 6.60. The van der Waals surface area contributed by atoms with Crippen LogP contribution >= 0.6 is 0 Å². The zero-order valence-corrected chi connectivity index (χ0v) is 12.4. The first kappa shape index (κ1) is 14.4. The molecule has 0 aliphatic rings. The molecular formula is C17H21NO2. The van der Waals surface area contributed by atoms with E-state index in [0.29, 0.717) is 0 Å². The van der Waals surface area contributed by atoms with E-state index in [-0.39, 0.29) is 0 Å². The SMILES string of the molecule is COc1cc(OC)cc(C(C)(N)c2ccccc2C)c1. The van der Waals surface area contributed by atoms with Crippen LogP contribution in [0.4, 0.5) is 0 Å². The van der Waals surface area contributed by atoms with Crippen molar-refractivity contribution in [2.75, 3.05) is 14.2 Å². The zero-order chi connectivity index (χ0) is 14.8. The fraction of sp³-hybridized carbons (Fsp3) is 0.294. The average molecular weight is 271 g/mol. The molecular weight excluding hydrogens is 250 g/mol. The van der Waals surface area contributed by atoms with E-state index in [9.17, 15) is 0 Å².